The van der Waals surface area contributed by atoms with E-state index in [9.17, 15) is 4.79 Å². The molecule has 1 atom stereocenters. The zero-order chi connectivity index (χ0) is 19.1. The van der Waals surface area contributed by atoms with Crippen molar-refractivity contribution < 1.29 is 13.9 Å². The summed E-state index contributed by atoms with van der Waals surface area (Å²) in [7, 11) is 0. The molecule has 2 aromatic heterocycles. The summed E-state index contributed by atoms with van der Waals surface area (Å²) >= 11 is 1.93. The number of carbonyl (C=O) groups excluding carboxylic acids is 1. The van der Waals surface area contributed by atoms with Gasteiger partial charge in [0.05, 0.1) is 23.2 Å². The third kappa shape index (κ3) is 3.10. The van der Waals surface area contributed by atoms with Gasteiger partial charge >= 0.3 is 0 Å². The molecule has 2 aliphatic rings. The van der Waals surface area contributed by atoms with Gasteiger partial charge in [-0.1, -0.05) is 24.3 Å². The number of hydrogen-bond acceptors (Lipinski definition) is 5. The number of rotatable bonds is 4. The van der Waals surface area contributed by atoms with E-state index in [2.05, 4.69) is 4.98 Å². The number of furan rings is 1. The minimum atomic E-state index is -0.00206. The molecule has 1 aromatic carbocycles. The molecule has 1 spiro atoms. The minimum Gasteiger partial charge on any atom is -0.451 e. The van der Waals surface area contributed by atoms with E-state index in [1.165, 1.54) is 0 Å². The maximum atomic E-state index is 12.9. The van der Waals surface area contributed by atoms with Crippen LogP contribution in [0, 0.1) is 6.92 Å². The van der Waals surface area contributed by atoms with Crippen LogP contribution in [0.2, 0.25) is 0 Å². The van der Waals surface area contributed by atoms with Crippen LogP contribution in [0.1, 0.15) is 28.2 Å². The Balaban J connectivity index is 1.20. The average molecular weight is 394 g/mol. The van der Waals surface area contributed by atoms with Crippen LogP contribution >= 0.6 is 11.8 Å². The highest BCUT2D eigenvalue weighted by Crippen LogP contribution is 2.46. The number of nitrogens with zero attached hydrogens (tertiary/aromatic N) is 2. The van der Waals surface area contributed by atoms with Gasteiger partial charge in [0.15, 0.2) is 5.76 Å². The molecule has 2 aliphatic heterocycles. The van der Waals surface area contributed by atoms with E-state index in [4.69, 9.17) is 9.15 Å². The maximum absolute atomic E-state index is 12.9. The molecule has 2 saturated heterocycles. The molecule has 3 aromatic rings. The molecule has 6 heteroatoms. The summed E-state index contributed by atoms with van der Waals surface area (Å²) in [6.45, 7) is 4.02. The lowest BCUT2D eigenvalue weighted by molar-refractivity contribution is 0.0234. The lowest BCUT2D eigenvalue weighted by Gasteiger charge is -2.47. The van der Waals surface area contributed by atoms with Crippen molar-refractivity contribution in [2.75, 3.05) is 18.8 Å². The largest absolute Gasteiger partial charge is 0.451 e. The van der Waals surface area contributed by atoms with Gasteiger partial charge in [-0.25, -0.2) is 0 Å². The topological polar surface area (TPSA) is 55.6 Å². The zero-order valence-electron chi connectivity index (χ0n) is 15.8. The second-order valence-electron chi connectivity index (χ2n) is 7.67. The normalized spacial score (nSPS) is 20.6. The molecule has 0 radical (unpaired) electrons. The Morgan fingerprint density at radius 1 is 1.29 bits per heavy atom. The second kappa shape index (κ2) is 6.94. The first-order chi connectivity index (χ1) is 13.6. The molecule has 0 saturated carbocycles. The van der Waals surface area contributed by atoms with E-state index in [0.717, 1.165) is 47.5 Å². The Morgan fingerprint density at radius 2 is 2.11 bits per heavy atom. The number of thioether (sulfide) groups is 1. The first kappa shape index (κ1) is 17.8. The van der Waals surface area contributed by atoms with Gasteiger partial charge in [-0.2, -0.15) is 0 Å². The summed E-state index contributed by atoms with van der Waals surface area (Å²) in [6, 6.07) is 13.7. The number of aryl methyl sites for hydroxylation is 1. The van der Waals surface area contributed by atoms with Crippen LogP contribution in [-0.4, -0.2) is 45.5 Å². The van der Waals surface area contributed by atoms with Gasteiger partial charge in [-0.15, -0.1) is 11.8 Å². The van der Waals surface area contributed by atoms with Crippen LogP contribution in [0.4, 0.5) is 0 Å². The van der Waals surface area contributed by atoms with E-state index >= 15 is 0 Å². The standard InChI is InChI=1S/C22H22N2O3S/c1-15-18-7-2-3-8-19(18)27-20(15)21(25)24-13-22(14-24)10-17(12-28-22)26-11-16-6-4-5-9-23-16/h2-9,17H,10-14H2,1H3/t17-/m1/s1. The molecule has 1 amide bonds. The summed E-state index contributed by atoms with van der Waals surface area (Å²) in [6.07, 6.45) is 2.99. The van der Waals surface area contributed by atoms with E-state index in [1.54, 1.807) is 6.20 Å². The Labute approximate surface area is 168 Å². The zero-order valence-corrected chi connectivity index (χ0v) is 16.6. The van der Waals surface area contributed by atoms with Crippen molar-refractivity contribution in [3.8, 4) is 0 Å². The van der Waals surface area contributed by atoms with Crippen LogP contribution in [-0.2, 0) is 11.3 Å². The first-order valence-electron chi connectivity index (χ1n) is 9.56. The number of pyridine rings is 1. The molecule has 2 fully saturated rings. The smallest absolute Gasteiger partial charge is 0.289 e. The maximum Gasteiger partial charge on any atom is 0.289 e. The fraction of sp³-hybridized carbons (Fsp3) is 0.364. The predicted molar refractivity (Wildman–Crippen MR) is 109 cm³/mol. The van der Waals surface area contributed by atoms with Crippen molar-refractivity contribution >= 4 is 28.6 Å². The monoisotopic (exact) mass is 394 g/mol. The summed E-state index contributed by atoms with van der Waals surface area (Å²) < 4.78 is 12.0. The lowest BCUT2D eigenvalue weighted by atomic mass is 9.92. The summed E-state index contributed by atoms with van der Waals surface area (Å²) in [5.74, 6) is 1.44. The number of ether oxygens (including phenoxy) is 1. The average Bonchev–Trinajstić information content (AvgIpc) is 3.28. The summed E-state index contributed by atoms with van der Waals surface area (Å²) in [5, 5.41) is 1.01. The van der Waals surface area contributed by atoms with Crippen molar-refractivity contribution in [1.82, 2.24) is 9.88 Å². The Kier molecular flexibility index (Phi) is 4.40. The highest BCUT2D eigenvalue weighted by molar-refractivity contribution is 8.01. The Morgan fingerprint density at radius 3 is 2.89 bits per heavy atom. The number of hydrogen-bond donors (Lipinski definition) is 0. The number of benzene rings is 1. The SMILES string of the molecule is Cc1c(C(=O)N2CC3(C[C@@H](OCc4ccccn4)CS3)C2)oc2ccccc12. The number of para-hydroxylation sites is 1. The lowest BCUT2D eigenvalue weighted by Crippen LogP contribution is -2.60. The van der Waals surface area contributed by atoms with Crippen molar-refractivity contribution in [1.29, 1.82) is 0 Å². The van der Waals surface area contributed by atoms with Gasteiger partial charge in [0, 0.05) is 36.0 Å². The van der Waals surface area contributed by atoms with Gasteiger partial charge in [-0.3, -0.25) is 9.78 Å². The third-order valence-corrected chi connectivity index (χ3v) is 7.23. The van der Waals surface area contributed by atoms with Crippen molar-refractivity contribution in [3.63, 3.8) is 0 Å². The highest BCUT2D eigenvalue weighted by atomic mass is 32.2. The number of amides is 1. The molecular formula is C22H22N2O3S. The number of aromatic nitrogens is 1. The molecule has 4 heterocycles. The quantitative estimate of drug-likeness (QED) is 0.668. The Hall–Kier alpha value is -2.31. The fourth-order valence-corrected chi connectivity index (χ4v) is 5.68. The molecule has 28 heavy (non-hydrogen) atoms. The molecule has 0 unspecified atom stereocenters. The van der Waals surface area contributed by atoms with Crippen LogP contribution in [0.15, 0.2) is 53.1 Å². The molecular weight excluding hydrogens is 372 g/mol. The van der Waals surface area contributed by atoms with Crippen LogP contribution < -0.4 is 0 Å². The first-order valence-corrected chi connectivity index (χ1v) is 10.5. The van der Waals surface area contributed by atoms with E-state index in [-0.39, 0.29) is 16.8 Å². The van der Waals surface area contributed by atoms with Crippen LogP contribution in [0.25, 0.3) is 11.0 Å². The van der Waals surface area contributed by atoms with Crippen LogP contribution in [0.3, 0.4) is 0 Å². The minimum absolute atomic E-state index is 0.00206. The van der Waals surface area contributed by atoms with Gasteiger partial charge < -0.3 is 14.1 Å². The van der Waals surface area contributed by atoms with Gasteiger partial charge in [0.1, 0.15) is 5.58 Å². The molecule has 144 valence electrons. The molecule has 0 N–H and O–H groups in total. The van der Waals surface area contributed by atoms with E-state index in [0.29, 0.717) is 12.4 Å². The number of carbonyl (C=O) groups is 1. The third-order valence-electron chi connectivity index (χ3n) is 5.65. The Bertz CT molecular complexity index is 1010. The van der Waals surface area contributed by atoms with Gasteiger partial charge in [0.2, 0.25) is 0 Å². The second-order valence-corrected chi connectivity index (χ2v) is 9.15. The fourth-order valence-electron chi connectivity index (χ4n) is 4.13. The summed E-state index contributed by atoms with van der Waals surface area (Å²) in [4.78, 5) is 19.1. The number of fused-ring (bicyclic) bond motifs is 1. The molecule has 5 rings (SSSR count). The van der Waals surface area contributed by atoms with E-state index in [1.807, 2.05) is 66.1 Å². The predicted octanol–water partition coefficient (Wildman–Crippen LogP) is 4.05. The van der Waals surface area contributed by atoms with Gasteiger partial charge in [0.25, 0.3) is 5.91 Å². The molecule has 5 nitrogen and oxygen atoms in total. The molecule has 0 aliphatic carbocycles. The summed E-state index contributed by atoms with van der Waals surface area (Å²) in [5.41, 5.74) is 2.66. The van der Waals surface area contributed by atoms with Crippen molar-refractivity contribution in [2.24, 2.45) is 0 Å². The number of likely N-dealkylation sites (tertiary alicyclic amines) is 1. The van der Waals surface area contributed by atoms with Crippen LogP contribution in [0.5, 0.6) is 0 Å². The van der Waals surface area contributed by atoms with Crippen molar-refractivity contribution in [3.05, 3.63) is 65.7 Å². The highest BCUT2D eigenvalue weighted by Gasteiger charge is 2.51. The molecule has 0 bridgehead atoms. The van der Waals surface area contributed by atoms with Crippen molar-refractivity contribution in [2.45, 2.75) is 30.8 Å². The van der Waals surface area contributed by atoms with Gasteiger partial charge in [-0.05, 0) is 31.5 Å². The van der Waals surface area contributed by atoms with E-state index < -0.39 is 0 Å².